The molecule has 0 saturated carbocycles. The van der Waals surface area contributed by atoms with Gasteiger partial charge in [-0.1, -0.05) is 48.5 Å². The third-order valence-corrected chi connectivity index (χ3v) is 6.75. The topological polar surface area (TPSA) is 86.4 Å². The van der Waals surface area contributed by atoms with E-state index in [4.69, 9.17) is 4.74 Å². The van der Waals surface area contributed by atoms with Crippen LogP contribution in [0.3, 0.4) is 0 Å². The number of carbonyl (C=O) groups is 1. The van der Waals surface area contributed by atoms with Gasteiger partial charge >= 0.3 is 0 Å². The van der Waals surface area contributed by atoms with E-state index in [2.05, 4.69) is 62.0 Å². The van der Waals surface area contributed by atoms with E-state index < -0.39 is 6.17 Å². The molecule has 176 valence electrons. The summed E-state index contributed by atoms with van der Waals surface area (Å²) in [6, 6.07) is 24.5. The molecular formula is C27H26N6O2. The zero-order chi connectivity index (χ0) is 23.8. The average Bonchev–Trinajstić information content (AvgIpc) is 3.41. The molecular weight excluding hydrogens is 440 g/mol. The normalized spacial score (nSPS) is 17.7. The molecule has 2 aliphatic rings. The molecule has 0 bridgehead atoms. The summed E-state index contributed by atoms with van der Waals surface area (Å²) in [5, 5.41) is 14.6. The van der Waals surface area contributed by atoms with Gasteiger partial charge in [-0.2, -0.15) is 15.4 Å². The first-order valence-electron chi connectivity index (χ1n) is 11.8. The van der Waals surface area contributed by atoms with Crippen LogP contribution in [-0.4, -0.2) is 54.7 Å². The SMILES string of the molecule is CN1c2ccccc2C(=O)NC1c1n[nH]nc1-c1ccc(-c2ccc(N3CCOCC3)cc2)cc1. The van der Waals surface area contributed by atoms with Crippen molar-refractivity contribution in [3.05, 3.63) is 84.1 Å². The highest BCUT2D eigenvalue weighted by Crippen LogP contribution is 2.34. The lowest BCUT2D eigenvalue weighted by Gasteiger charge is -2.35. The Bertz CT molecular complexity index is 1340. The number of hydrogen-bond donors (Lipinski definition) is 2. The summed E-state index contributed by atoms with van der Waals surface area (Å²) < 4.78 is 5.45. The fourth-order valence-electron chi connectivity index (χ4n) is 4.81. The lowest BCUT2D eigenvalue weighted by molar-refractivity contribution is 0.0927. The molecule has 1 atom stereocenters. The van der Waals surface area contributed by atoms with Crippen LogP contribution in [-0.2, 0) is 4.74 Å². The van der Waals surface area contributed by atoms with Gasteiger partial charge in [-0.3, -0.25) is 4.79 Å². The first-order chi connectivity index (χ1) is 17.2. The van der Waals surface area contributed by atoms with Gasteiger partial charge < -0.3 is 19.9 Å². The van der Waals surface area contributed by atoms with Crippen molar-refractivity contribution in [2.75, 3.05) is 43.2 Å². The lowest BCUT2D eigenvalue weighted by atomic mass is 10.0. The van der Waals surface area contributed by atoms with E-state index in [0.717, 1.165) is 54.4 Å². The quantitative estimate of drug-likeness (QED) is 0.475. The molecule has 0 spiro atoms. The largest absolute Gasteiger partial charge is 0.378 e. The van der Waals surface area contributed by atoms with Crippen LogP contribution in [0.25, 0.3) is 22.4 Å². The van der Waals surface area contributed by atoms with E-state index in [9.17, 15) is 4.79 Å². The Kier molecular flexibility index (Phi) is 5.42. The molecule has 3 heterocycles. The van der Waals surface area contributed by atoms with Crippen LogP contribution in [0.1, 0.15) is 22.2 Å². The van der Waals surface area contributed by atoms with Gasteiger partial charge in [0.05, 0.1) is 24.5 Å². The molecule has 2 N–H and O–H groups in total. The number of nitrogens with one attached hydrogen (secondary N) is 2. The third kappa shape index (κ3) is 3.91. The van der Waals surface area contributed by atoms with Crippen LogP contribution in [0, 0.1) is 0 Å². The number of hydrogen-bond acceptors (Lipinski definition) is 6. The van der Waals surface area contributed by atoms with Gasteiger partial charge in [0.15, 0.2) is 0 Å². The molecule has 1 saturated heterocycles. The average molecular weight is 467 g/mol. The smallest absolute Gasteiger partial charge is 0.255 e. The summed E-state index contributed by atoms with van der Waals surface area (Å²) in [6.07, 6.45) is -0.418. The van der Waals surface area contributed by atoms with Crippen molar-refractivity contribution in [1.82, 2.24) is 20.7 Å². The van der Waals surface area contributed by atoms with Crippen molar-refractivity contribution in [3.63, 3.8) is 0 Å². The number of rotatable bonds is 4. The lowest BCUT2D eigenvalue weighted by Crippen LogP contribution is -2.45. The molecule has 8 heteroatoms. The number of benzene rings is 3. The highest BCUT2D eigenvalue weighted by molar-refractivity contribution is 6.02. The molecule has 1 fully saturated rings. The fraction of sp³-hybridized carbons (Fsp3) is 0.222. The number of anilines is 2. The number of amides is 1. The number of aromatic amines is 1. The minimum Gasteiger partial charge on any atom is -0.378 e. The zero-order valence-electron chi connectivity index (χ0n) is 19.4. The Morgan fingerprint density at radius 1 is 0.857 bits per heavy atom. The van der Waals surface area contributed by atoms with E-state index in [-0.39, 0.29) is 5.91 Å². The van der Waals surface area contributed by atoms with E-state index >= 15 is 0 Å². The van der Waals surface area contributed by atoms with Crippen LogP contribution in [0.15, 0.2) is 72.8 Å². The molecule has 35 heavy (non-hydrogen) atoms. The number of morpholine rings is 1. The van der Waals surface area contributed by atoms with Gasteiger partial charge in [0, 0.05) is 31.4 Å². The molecule has 4 aromatic rings. The highest BCUT2D eigenvalue weighted by atomic mass is 16.5. The zero-order valence-corrected chi connectivity index (χ0v) is 19.4. The van der Waals surface area contributed by atoms with Crippen molar-refractivity contribution in [3.8, 4) is 22.4 Å². The van der Waals surface area contributed by atoms with E-state index in [1.165, 1.54) is 5.69 Å². The van der Waals surface area contributed by atoms with Gasteiger partial charge in [0.1, 0.15) is 17.6 Å². The van der Waals surface area contributed by atoms with Crippen molar-refractivity contribution in [2.45, 2.75) is 6.17 Å². The number of H-pyrrole nitrogens is 1. The van der Waals surface area contributed by atoms with Crippen molar-refractivity contribution < 1.29 is 9.53 Å². The van der Waals surface area contributed by atoms with Crippen LogP contribution in [0.2, 0.25) is 0 Å². The summed E-state index contributed by atoms with van der Waals surface area (Å²) in [5.41, 5.74) is 7.36. The molecule has 1 amide bonds. The van der Waals surface area contributed by atoms with Gasteiger partial charge in [0.2, 0.25) is 0 Å². The molecule has 2 aliphatic heterocycles. The Hall–Kier alpha value is -4.17. The molecule has 0 aliphatic carbocycles. The number of carbonyl (C=O) groups excluding carboxylic acids is 1. The Labute approximate surface area is 203 Å². The second-order valence-electron chi connectivity index (χ2n) is 8.79. The van der Waals surface area contributed by atoms with E-state index in [0.29, 0.717) is 11.3 Å². The second kappa shape index (κ2) is 8.88. The predicted octanol–water partition coefficient (Wildman–Crippen LogP) is 3.85. The van der Waals surface area contributed by atoms with Gasteiger partial charge in [-0.15, -0.1) is 0 Å². The number of para-hydroxylation sites is 1. The number of fused-ring (bicyclic) bond motifs is 1. The van der Waals surface area contributed by atoms with E-state index in [1.54, 1.807) is 0 Å². The van der Waals surface area contributed by atoms with Gasteiger partial charge in [-0.05, 0) is 35.4 Å². The Morgan fingerprint density at radius 2 is 1.51 bits per heavy atom. The summed E-state index contributed by atoms with van der Waals surface area (Å²) in [5.74, 6) is -0.117. The van der Waals surface area contributed by atoms with Crippen molar-refractivity contribution >= 4 is 17.3 Å². The van der Waals surface area contributed by atoms with Crippen molar-refractivity contribution in [1.29, 1.82) is 0 Å². The molecule has 6 rings (SSSR count). The Morgan fingerprint density at radius 3 is 2.26 bits per heavy atom. The first kappa shape index (κ1) is 21.4. The molecule has 1 aromatic heterocycles. The fourth-order valence-corrected chi connectivity index (χ4v) is 4.81. The maximum absolute atomic E-state index is 12.7. The van der Waals surface area contributed by atoms with Crippen LogP contribution in [0.4, 0.5) is 11.4 Å². The van der Waals surface area contributed by atoms with Gasteiger partial charge in [0.25, 0.3) is 5.91 Å². The summed E-state index contributed by atoms with van der Waals surface area (Å²) >= 11 is 0. The molecule has 1 unspecified atom stereocenters. The van der Waals surface area contributed by atoms with Crippen LogP contribution < -0.4 is 15.1 Å². The third-order valence-electron chi connectivity index (χ3n) is 6.75. The number of nitrogens with zero attached hydrogens (tertiary/aromatic N) is 4. The maximum Gasteiger partial charge on any atom is 0.255 e. The Balaban J connectivity index is 1.24. The molecule has 8 nitrogen and oxygen atoms in total. The van der Waals surface area contributed by atoms with E-state index in [1.807, 2.05) is 48.3 Å². The van der Waals surface area contributed by atoms with Crippen LogP contribution >= 0.6 is 0 Å². The van der Waals surface area contributed by atoms with Crippen LogP contribution in [0.5, 0.6) is 0 Å². The number of aromatic nitrogens is 3. The monoisotopic (exact) mass is 466 g/mol. The molecule has 3 aromatic carbocycles. The summed E-state index contributed by atoms with van der Waals surface area (Å²) in [7, 11) is 1.95. The standard InChI is InChI=1S/C27H26N6O2/c1-32-23-5-3-2-4-22(23)27(34)28-26(32)25-24(29-31-30-25)20-8-6-18(7-9-20)19-10-12-21(13-11-19)33-14-16-35-17-15-33/h2-13,26H,14-17H2,1H3,(H,28,34)(H,29,30,31). The first-order valence-corrected chi connectivity index (χ1v) is 11.8. The number of ether oxygens (including phenoxy) is 1. The summed E-state index contributed by atoms with van der Waals surface area (Å²) in [6.45, 7) is 3.41. The van der Waals surface area contributed by atoms with Gasteiger partial charge in [-0.25, -0.2) is 0 Å². The van der Waals surface area contributed by atoms with Crippen molar-refractivity contribution in [2.24, 2.45) is 0 Å². The molecule has 0 radical (unpaired) electrons. The minimum atomic E-state index is -0.418. The maximum atomic E-state index is 12.7. The second-order valence-corrected chi connectivity index (χ2v) is 8.79. The minimum absolute atomic E-state index is 0.117. The highest BCUT2D eigenvalue weighted by Gasteiger charge is 2.33. The predicted molar refractivity (Wildman–Crippen MR) is 135 cm³/mol. The summed E-state index contributed by atoms with van der Waals surface area (Å²) in [4.78, 5) is 17.1.